The molecule has 0 aliphatic carbocycles. The van der Waals surface area contributed by atoms with Crippen LogP contribution in [0, 0.1) is 5.92 Å². The van der Waals surface area contributed by atoms with Gasteiger partial charge in [0.05, 0.1) is 19.8 Å². The summed E-state index contributed by atoms with van der Waals surface area (Å²) < 4.78 is 17.0. The fourth-order valence-electron chi connectivity index (χ4n) is 3.38. The minimum atomic E-state index is 0.575. The van der Waals surface area contributed by atoms with Crippen LogP contribution in [0.15, 0.2) is 29.3 Å². The molecule has 1 atom stereocenters. The van der Waals surface area contributed by atoms with Gasteiger partial charge in [0.1, 0.15) is 12.4 Å². The second kappa shape index (κ2) is 15.9. The maximum atomic E-state index is 5.86. The molecule has 0 saturated carbocycles. The second-order valence-corrected chi connectivity index (χ2v) is 7.80. The summed E-state index contributed by atoms with van der Waals surface area (Å²) in [6.07, 6.45) is 2.08. The molecular weight excluding hydrogens is 392 g/mol. The minimum absolute atomic E-state index is 0.575. The average molecular weight is 435 g/mol. The van der Waals surface area contributed by atoms with Crippen LogP contribution in [-0.2, 0) is 16.0 Å². The summed E-state index contributed by atoms with van der Waals surface area (Å²) in [6.45, 7) is 15.8. The molecule has 0 aromatic heterocycles. The molecule has 2 rings (SSSR count). The number of likely N-dealkylation sites (N-methyl/N-ethyl adjacent to an activating group) is 1. The van der Waals surface area contributed by atoms with Crippen LogP contribution in [0.25, 0.3) is 0 Å². The Morgan fingerprint density at radius 2 is 1.94 bits per heavy atom. The van der Waals surface area contributed by atoms with E-state index >= 15 is 0 Å². The van der Waals surface area contributed by atoms with Crippen molar-refractivity contribution in [3.63, 3.8) is 0 Å². The van der Waals surface area contributed by atoms with Crippen LogP contribution in [0.1, 0.15) is 39.2 Å². The maximum Gasteiger partial charge on any atom is 0.191 e. The van der Waals surface area contributed by atoms with Crippen LogP contribution in [0.3, 0.4) is 0 Å². The zero-order valence-corrected chi connectivity index (χ0v) is 19.7. The molecule has 1 heterocycles. The highest BCUT2D eigenvalue weighted by atomic mass is 16.5. The molecule has 0 amide bonds. The van der Waals surface area contributed by atoms with Crippen molar-refractivity contribution in [3.8, 4) is 5.75 Å². The van der Waals surface area contributed by atoms with Crippen molar-refractivity contribution >= 4 is 5.96 Å². The Kier molecular flexibility index (Phi) is 13.0. The van der Waals surface area contributed by atoms with Gasteiger partial charge in [-0.1, -0.05) is 26.0 Å². The normalized spacial score (nSPS) is 16.6. The van der Waals surface area contributed by atoms with E-state index in [1.807, 2.05) is 12.1 Å². The molecule has 2 N–H and O–H groups in total. The Hall–Kier alpha value is -1.83. The van der Waals surface area contributed by atoms with E-state index < -0.39 is 0 Å². The Morgan fingerprint density at radius 1 is 1.13 bits per heavy atom. The van der Waals surface area contributed by atoms with Crippen LogP contribution in [0.4, 0.5) is 0 Å². The highest BCUT2D eigenvalue weighted by molar-refractivity contribution is 5.79. The summed E-state index contributed by atoms with van der Waals surface area (Å²) in [6, 6.07) is 8.22. The predicted octanol–water partition coefficient (Wildman–Crippen LogP) is 2.91. The summed E-state index contributed by atoms with van der Waals surface area (Å²) in [5.74, 6) is 2.33. The van der Waals surface area contributed by atoms with Crippen LogP contribution >= 0.6 is 0 Å². The Bertz CT molecular complexity index is 599. The molecule has 176 valence electrons. The maximum absolute atomic E-state index is 5.86. The number of hydrogen-bond acceptors (Lipinski definition) is 5. The Labute approximate surface area is 188 Å². The molecule has 1 aliphatic heterocycles. The van der Waals surface area contributed by atoms with Crippen molar-refractivity contribution in [3.05, 3.63) is 29.8 Å². The molecule has 1 unspecified atom stereocenters. The molecule has 0 spiro atoms. The molecular formula is C24H42N4O3. The average Bonchev–Trinajstić information content (AvgIpc) is 3.31. The fraction of sp³-hybridized carbons (Fsp3) is 0.708. The monoisotopic (exact) mass is 434 g/mol. The van der Waals surface area contributed by atoms with Gasteiger partial charge >= 0.3 is 0 Å². The predicted molar refractivity (Wildman–Crippen MR) is 127 cm³/mol. The van der Waals surface area contributed by atoms with E-state index in [9.17, 15) is 0 Å². The molecule has 31 heavy (non-hydrogen) atoms. The van der Waals surface area contributed by atoms with Gasteiger partial charge in [-0.15, -0.1) is 0 Å². The standard InChI is InChI=1S/C24H42N4O3/c1-4-25-24(26-13-7-15-29-19-22-12-16-30-20-22)27-18-21-8-10-23(11-9-21)31-17-14-28(5-2)6-3/h8-11,22H,4-7,12-20H2,1-3H3,(H2,25,26,27). The summed E-state index contributed by atoms with van der Waals surface area (Å²) >= 11 is 0. The molecule has 1 aromatic rings. The zero-order chi connectivity index (χ0) is 22.2. The van der Waals surface area contributed by atoms with Crippen molar-refractivity contribution in [1.82, 2.24) is 15.5 Å². The van der Waals surface area contributed by atoms with Gasteiger partial charge in [0.25, 0.3) is 0 Å². The lowest BCUT2D eigenvalue weighted by molar-refractivity contribution is 0.0888. The molecule has 1 aliphatic rings. The van der Waals surface area contributed by atoms with Crippen molar-refractivity contribution in [1.29, 1.82) is 0 Å². The smallest absolute Gasteiger partial charge is 0.191 e. The molecule has 7 heteroatoms. The number of aliphatic imine (C=N–C) groups is 1. The van der Waals surface area contributed by atoms with E-state index in [4.69, 9.17) is 19.2 Å². The second-order valence-electron chi connectivity index (χ2n) is 7.80. The number of hydrogen-bond donors (Lipinski definition) is 2. The van der Waals surface area contributed by atoms with E-state index in [0.717, 1.165) is 89.3 Å². The van der Waals surface area contributed by atoms with Crippen LogP contribution in [-0.4, -0.2) is 76.6 Å². The van der Waals surface area contributed by atoms with Gasteiger partial charge in [-0.2, -0.15) is 0 Å². The first-order chi connectivity index (χ1) is 15.2. The first-order valence-corrected chi connectivity index (χ1v) is 11.9. The SMILES string of the molecule is CCNC(=NCc1ccc(OCCN(CC)CC)cc1)NCCCOCC1CCOC1. The summed E-state index contributed by atoms with van der Waals surface area (Å²) in [7, 11) is 0. The Morgan fingerprint density at radius 3 is 2.61 bits per heavy atom. The van der Waals surface area contributed by atoms with Crippen LogP contribution in [0.5, 0.6) is 5.75 Å². The van der Waals surface area contributed by atoms with Gasteiger partial charge in [-0.3, -0.25) is 0 Å². The van der Waals surface area contributed by atoms with E-state index in [1.54, 1.807) is 0 Å². The summed E-state index contributed by atoms with van der Waals surface area (Å²) in [5.41, 5.74) is 1.16. The molecule has 1 aromatic carbocycles. The third-order valence-corrected chi connectivity index (χ3v) is 5.39. The number of ether oxygens (including phenoxy) is 3. The van der Waals surface area contributed by atoms with Crippen molar-refractivity contribution in [2.45, 2.75) is 40.2 Å². The third kappa shape index (κ3) is 10.8. The summed E-state index contributed by atoms with van der Waals surface area (Å²) in [4.78, 5) is 7.05. The number of nitrogens with one attached hydrogen (secondary N) is 2. The van der Waals surface area contributed by atoms with E-state index in [-0.39, 0.29) is 0 Å². The van der Waals surface area contributed by atoms with Gasteiger partial charge < -0.3 is 29.7 Å². The third-order valence-electron chi connectivity index (χ3n) is 5.39. The zero-order valence-electron chi connectivity index (χ0n) is 19.7. The minimum Gasteiger partial charge on any atom is -0.492 e. The highest BCUT2D eigenvalue weighted by Crippen LogP contribution is 2.13. The molecule has 0 radical (unpaired) electrons. The van der Waals surface area contributed by atoms with E-state index in [1.165, 1.54) is 0 Å². The molecule has 1 fully saturated rings. The number of nitrogens with zero attached hydrogens (tertiary/aromatic N) is 2. The lowest BCUT2D eigenvalue weighted by atomic mass is 10.1. The van der Waals surface area contributed by atoms with Gasteiger partial charge in [0.2, 0.25) is 0 Å². The first-order valence-electron chi connectivity index (χ1n) is 11.9. The number of guanidine groups is 1. The summed E-state index contributed by atoms with van der Waals surface area (Å²) in [5, 5.41) is 6.69. The molecule has 7 nitrogen and oxygen atoms in total. The van der Waals surface area contributed by atoms with Crippen LogP contribution in [0.2, 0.25) is 0 Å². The highest BCUT2D eigenvalue weighted by Gasteiger charge is 2.15. The van der Waals surface area contributed by atoms with Crippen molar-refractivity contribution in [2.75, 3.05) is 65.8 Å². The number of benzene rings is 1. The number of rotatable bonds is 15. The lowest BCUT2D eigenvalue weighted by Crippen LogP contribution is -2.38. The Balaban J connectivity index is 1.65. The van der Waals surface area contributed by atoms with E-state index in [2.05, 4.69) is 48.4 Å². The van der Waals surface area contributed by atoms with Crippen molar-refractivity contribution < 1.29 is 14.2 Å². The van der Waals surface area contributed by atoms with Crippen LogP contribution < -0.4 is 15.4 Å². The van der Waals surface area contributed by atoms with E-state index in [0.29, 0.717) is 19.1 Å². The van der Waals surface area contributed by atoms with Gasteiger partial charge in [0, 0.05) is 38.8 Å². The first kappa shape index (κ1) is 25.4. The molecule has 0 bridgehead atoms. The van der Waals surface area contributed by atoms with Gasteiger partial charge in [0.15, 0.2) is 5.96 Å². The quantitative estimate of drug-likeness (QED) is 0.251. The van der Waals surface area contributed by atoms with Crippen molar-refractivity contribution in [2.24, 2.45) is 10.9 Å². The molecule has 1 saturated heterocycles. The van der Waals surface area contributed by atoms with Gasteiger partial charge in [-0.05, 0) is 50.6 Å². The fourth-order valence-corrected chi connectivity index (χ4v) is 3.38. The van der Waals surface area contributed by atoms with Gasteiger partial charge in [-0.25, -0.2) is 4.99 Å². The largest absolute Gasteiger partial charge is 0.492 e. The topological polar surface area (TPSA) is 67.4 Å². The lowest BCUT2D eigenvalue weighted by Gasteiger charge is -2.18.